The highest BCUT2D eigenvalue weighted by atomic mass is 15.2. The summed E-state index contributed by atoms with van der Waals surface area (Å²) in [5, 5.41) is 3.45. The maximum absolute atomic E-state index is 3.45. The number of hydrogen-bond donors (Lipinski definition) is 1. The van der Waals surface area contributed by atoms with Crippen molar-refractivity contribution in [3.05, 3.63) is 24.3 Å². The summed E-state index contributed by atoms with van der Waals surface area (Å²) in [7, 11) is 0. The summed E-state index contributed by atoms with van der Waals surface area (Å²) >= 11 is 0. The number of rotatable bonds is 2. The van der Waals surface area contributed by atoms with Crippen molar-refractivity contribution in [2.24, 2.45) is 0 Å². The van der Waals surface area contributed by atoms with Gasteiger partial charge in [0.05, 0.1) is 11.4 Å². The number of fused-ring (bicyclic) bond motifs is 1. The molecule has 1 aromatic rings. The maximum atomic E-state index is 3.45. The minimum absolute atomic E-state index is 0.248. The zero-order valence-corrected chi connectivity index (χ0v) is 9.88. The van der Waals surface area contributed by atoms with Crippen molar-refractivity contribution in [3.8, 4) is 0 Å². The van der Waals surface area contributed by atoms with Gasteiger partial charge in [-0.3, -0.25) is 0 Å². The van der Waals surface area contributed by atoms with Gasteiger partial charge in [-0.15, -0.1) is 0 Å². The Bertz CT molecular complexity index is 344. The predicted molar refractivity (Wildman–Crippen MR) is 66.6 cm³/mol. The molecule has 0 bridgehead atoms. The van der Waals surface area contributed by atoms with Crippen molar-refractivity contribution in [3.63, 3.8) is 0 Å². The molecule has 1 aromatic carbocycles. The summed E-state index contributed by atoms with van der Waals surface area (Å²) < 4.78 is 0. The molecule has 1 heterocycles. The fourth-order valence-corrected chi connectivity index (χ4v) is 2.10. The third-order valence-electron chi connectivity index (χ3n) is 3.44. The van der Waals surface area contributed by atoms with Crippen molar-refractivity contribution in [2.75, 3.05) is 23.3 Å². The smallest absolute Gasteiger partial charge is 0.0607 e. The average molecular weight is 204 g/mol. The molecule has 2 heteroatoms. The second-order valence-electron chi connectivity index (χ2n) is 4.76. The third-order valence-corrected chi connectivity index (χ3v) is 3.44. The van der Waals surface area contributed by atoms with Gasteiger partial charge in [-0.05, 0) is 32.4 Å². The predicted octanol–water partition coefficient (Wildman–Crippen LogP) is 3.11. The van der Waals surface area contributed by atoms with Crippen LogP contribution in [0.5, 0.6) is 0 Å². The molecule has 0 saturated carbocycles. The zero-order chi connectivity index (χ0) is 10.9. The normalized spacial score (nSPS) is 15.8. The first-order valence-electron chi connectivity index (χ1n) is 5.76. The first-order valence-corrected chi connectivity index (χ1v) is 5.76. The number of nitrogens with one attached hydrogen (secondary N) is 1. The van der Waals surface area contributed by atoms with Crippen LogP contribution in [-0.2, 0) is 0 Å². The van der Waals surface area contributed by atoms with E-state index in [0.717, 1.165) is 13.1 Å². The first kappa shape index (κ1) is 10.3. The van der Waals surface area contributed by atoms with E-state index in [9.17, 15) is 0 Å². The molecule has 0 atom stereocenters. The zero-order valence-electron chi connectivity index (χ0n) is 9.88. The van der Waals surface area contributed by atoms with Gasteiger partial charge in [-0.25, -0.2) is 0 Å². The van der Waals surface area contributed by atoms with Gasteiger partial charge in [0.25, 0.3) is 0 Å². The molecule has 0 aliphatic carbocycles. The fraction of sp³-hybridized carbons (Fsp3) is 0.538. The van der Waals surface area contributed by atoms with Gasteiger partial charge in [0.2, 0.25) is 0 Å². The van der Waals surface area contributed by atoms with E-state index in [0.29, 0.717) is 0 Å². The molecule has 0 fully saturated rings. The van der Waals surface area contributed by atoms with Crippen LogP contribution < -0.4 is 10.2 Å². The van der Waals surface area contributed by atoms with E-state index in [1.165, 1.54) is 17.8 Å². The van der Waals surface area contributed by atoms with Crippen LogP contribution in [0.2, 0.25) is 0 Å². The van der Waals surface area contributed by atoms with Crippen LogP contribution in [0, 0.1) is 0 Å². The molecule has 1 aliphatic rings. The molecule has 2 rings (SSSR count). The van der Waals surface area contributed by atoms with Crippen molar-refractivity contribution >= 4 is 11.4 Å². The number of hydrogen-bond acceptors (Lipinski definition) is 2. The van der Waals surface area contributed by atoms with Crippen molar-refractivity contribution in [2.45, 2.75) is 32.7 Å². The molecule has 0 saturated heterocycles. The Morgan fingerprint density at radius 1 is 1.33 bits per heavy atom. The highest BCUT2D eigenvalue weighted by Gasteiger charge is 2.28. The molecule has 1 aliphatic heterocycles. The second kappa shape index (κ2) is 3.76. The molecule has 0 unspecified atom stereocenters. The fourth-order valence-electron chi connectivity index (χ4n) is 2.10. The Balaban J connectivity index is 2.38. The van der Waals surface area contributed by atoms with Crippen molar-refractivity contribution in [1.82, 2.24) is 0 Å². The van der Waals surface area contributed by atoms with Crippen LogP contribution in [0.1, 0.15) is 27.2 Å². The molecular weight excluding hydrogens is 184 g/mol. The Hall–Kier alpha value is -1.18. The first-order chi connectivity index (χ1) is 7.15. The van der Waals surface area contributed by atoms with E-state index < -0.39 is 0 Å². The van der Waals surface area contributed by atoms with Crippen LogP contribution in [0.15, 0.2) is 24.3 Å². The highest BCUT2D eigenvalue weighted by Crippen LogP contribution is 2.34. The molecule has 0 spiro atoms. The van der Waals surface area contributed by atoms with Gasteiger partial charge >= 0.3 is 0 Å². The molecule has 1 N–H and O–H groups in total. The van der Waals surface area contributed by atoms with Crippen LogP contribution >= 0.6 is 0 Å². The molecule has 0 aromatic heterocycles. The van der Waals surface area contributed by atoms with Crippen LogP contribution in [0.25, 0.3) is 0 Å². The van der Waals surface area contributed by atoms with E-state index in [2.05, 4.69) is 55.3 Å². The molecular formula is C13H20N2. The Kier molecular flexibility index (Phi) is 2.59. The van der Waals surface area contributed by atoms with Gasteiger partial charge in [0.15, 0.2) is 0 Å². The topological polar surface area (TPSA) is 15.3 Å². The third kappa shape index (κ3) is 1.81. The van der Waals surface area contributed by atoms with E-state index in [-0.39, 0.29) is 5.54 Å². The van der Waals surface area contributed by atoms with E-state index >= 15 is 0 Å². The van der Waals surface area contributed by atoms with Gasteiger partial charge in [-0.2, -0.15) is 0 Å². The van der Waals surface area contributed by atoms with Gasteiger partial charge < -0.3 is 10.2 Å². The number of benzene rings is 1. The van der Waals surface area contributed by atoms with E-state index in [1.807, 2.05) is 0 Å². The lowest BCUT2D eigenvalue weighted by Crippen LogP contribution is -2.48. The maximum Gasteiger partial charge on any atom is 0.0607 e. The van der Waals surface area contributed by atoms with Crippen LogP contribution in [0.4, 0.5) is 11.4 Å². The second-order valence-corrected chi connectivity index (χ2v) is 4.76. The molecule has 15 heavy (non-hydrogen) atoms. The summed E-state index contributed by atoms with van der Waals surface area (Å²) in [6.45, 7) is 9.02. The van der Waals surface area contributed by atoms with E-state index in [1.54, 1.807) is 0 Å². The molecule has 2 nitrogen and oxygen atoms in total. The van der Waals surface area contributed by atoms with Gasteiger partial charge in [-0.1, -0.05) is 19.1 Å². The Morgan fingerprint density at radius 3 is 2.80 bits per heavy atom. The lowest BCUT2D eigenvalue weighted by Gasteiger charge is -2.43. The Morgan fingerprint density at radius 2 is 2.07 bits per heavy atom. The largest absolute Gasteiger partial charge is 0.382 e. The van der Waals surface area contributed by atoms with Crippen molar-refractivity contribution in [1.29, 1.82) is 0 Å². The summed E-state index contributed by atoms with van der Waals surface area (Å²) in [5.74, 6) is 0. The minimum Gasteiger partial charge on any atom is -0.382 e. The number of nitrogens with zero attached hydrogens (tertiary/aromatic N) is 1. The van der Waals surface area contributed by atoms with E-state index in [4.69, 9.17) is 0 Å². The van der Waals surface area contributed by atoms with Crippen molar-refractivity contribution < 1.29 is 0 Å². The average Bonchev–Trinajstić information content (AvgIpc) is 2.28. The summed E-state index contributed by atoms with van der Waals surface area (Å²) in [6.07, 6.45) is 1.17. The standard InChI is InChI=1S/C13H20N2/c1-4-13(2,3)15-10-9-14-11-7-5-6-8-12(11)15/h5-8,14H,4,9-10H2,1-3H3. The quantitative estimate of drug-likeness (QED) is 0.796. The minimum atomic E-state index is 0.248. The van der Waals surface area contributed by atoms with Gasteiger partial charge in [0, 0.05) is 18.6 Å². The summed E-state index contributed by atoms with van der Waals surface area (Å²) in [4.78, 5) is 2.51. The molecule has 0 radical (unpaired) electrons. The van der Waals surface area contributed by atoms with Crippen LogP contribution in [-0.4, -0.2) is 18.6 Å². The van der Waals surface area contributed by atoms with Crippen LogP contribution in [0.3, 0.4) is 0 Å². The summed E-state index contributed by atoms with van der Waals surface area (Å²) in [6, 6.07) is 8.57. The SMILES string of the molecule is CCC(C)(C)N1CCNc2ccccc21. The monoisotopic (exact) mass is 204 g/mol. The highest BCUT2D eigenvalue weighted by molar-refractivity contribution is 5.72. The van der Waals surface area contributed by atoms with Gasteiger partial charge in [0.1, 0.15) is 0 Å². The summed E-state index contributed by atoms with van der Waals surface area (Å²) in [5.41, 5.74) is 2.86. The molecule has 82 valence electrons. The molecule has 0 amide bonds. The lowest BCUT2D eigenvalue weighted by molar-refractivity contribution is 0.445. The Labute approximate surface area is 92.3 Å². The number of anilines is 2. The lowest BCUT2D eigenvalue weighted by atomic mass is 9.97. The number of para-hydroxylation sites is 2.